The molecule has 0 spiro atoms. The zero-order chi connectivity index (χ0) is 39.2. The van der Waals surface area contributed by atoms with Gasteiger partial charge in [-0.25, -0.2) is 4.79 Å². The highest BCUT2D eigenvalue weighted by molar-refractivity contribution is 6.32. The number of nitrogens with one attached hydrogen (secondary N) is 3. The summed E-state index contributed by atoms with van der Waals surface area (Å²) in [5, 5.41) is 19.0. The van der Waals surface area contributed by atoms with E-state index in [0.29, 0.717) is 35.6 Å². The first-order valence-corrected chi connectivity index (χ1v) is 20.5. The van der Waals surface area contributed by atoms with Gasteiger partial charge in [0, 0.05) is 119 Å². The molecule has 0 aromatic heterocycles. The Hall–Kier alpha value is -4.83. The normalized spacial score (nSPS) is 19.9. The molecular formula is C43H54ClN9O3. The Morgan fingerprint density at radius 2 is 1.54 bits per heavy atom. The fourth-order valence-corrected chi connectivity index (χ4v) is 8.52. The van der Waals surface area contributed by atoms with Crippen molar-refractivity contribution in [2.24, 2.45) is 5.41 Å². The van der Waals surface area contributed by atoms with Crippen LogP contribution in [0.1, 0.15) is 61.9 Å². The fourth-order valence-electron chi connectivity index (χ4n) is 8.29. The van der Waals surface area contributed by atoms with Crippen LogP contribution in [0.3, 0.4) is 0 Å². The highest BCUT2D eigenvalue weighted by atomic mass is 35.5. The van der Waals surface area contributed by atoms with Gasteiger partial charge in [0.1, 0.15) is 6.07 Å². The summed E-state index contributed by atoms with van der Waals surface area (Å²) in [7, 11) is 0. The molecule has 1 unspecified atom stereocenters. The number of hydrogen-bond acceptors (Lipinski definition) is 9. The van der Waals surface area contributed by atoms with Crippen molar-refractivity contribution in [1.29, 1.82) is 5.26 Å². The maximum absolute atomic E-state index is 13.4. The Bertz CT molecular complexity index is 1900. The van der Waals surface area contributed by atoms with Crippen LogP contribution in [0.2, 0.25) is 5.02 Å². The summed E-state index contributed by atoms with van der Waals surface area (Å²) in [6, 6.07) is 24.3. The number of urea groups is 1. The Kier molecular flexibility index (Phi) is 12.3. The van der Waals surface area contributed by atoms with Gasteiger partial charge in [-0.1, -0.05) is 25.4 Å². The summed E-state index contributed by atoms with van der Waals surface area (Å²) >= 11 is 6.22. The summed E-state index contributed by atoms with van der Waals surface area (Å²) in [5.41, 5.74) is 5.19. The molecular weight excluding hydrogens is 726 g/mol. The molecule has 0 bridgehead atoms. The molecule has 0 radical (unpaired) electrons. The summed E-state index contributed by atoms with van der Waals surface area (Å²) in [6.45, 7) is 14.3. The van der Waals surface area contributed by atoms with E-state index in [2.05, 4.69) is 62.7 Å². The molecule has 1 atom stereocenters. The number of piperazine rings is 1. The second-order valence-corrected chi connectivity index (χ2v) is 16.4. The van der Waals surface area contributed by atoms with Gasteiger partial charge in [-0.2, -0.15) is 5.26 Å². The van der Waals surface area contributed by atoms with Crippen molar-refractivity contribution >= 4 is 52.2 Å². The summed E-state index contributed by atoms with van der Waals surface area (Å²) in [5.74, 6) is -0.104. The van der Waals surface area contributed by atoms with Crippen molar-refractivity contribution in [3.63, 3.8) is 0 Å². The molecule has 0 aliphatic carbocycles. The smallest absolute Gasteiger partial charge is 0.328 e. The van der Waals surface area contributed by atoms with Crippen LogP contribution in [-0.4, -0.2) is 117 Å². The molecule has 56 heavy (non-hydrogen) atoms. The van der Waals surface area contributed by atoms with Crippen molar-refractivity contribution in [3.05, 3.63) is 82.9 Å². The van der Waals surface area contributed by atoms with Gasteiger partial charge in [0.25, 0.3) is 5.91 Å². The maximum Gasteiger partial charge on any atom is 0.328 e. The minimum Gasteiger partial charge on any atom is -0.385 e. The molecule has 4 aliphatic heterocycles. The molecule has 4 fully saturated rings. The van der Waals surface area contributed by atoms with E-state index in [1.54, 1.807) is 11.0 Å². The van der Waals surface area contributed by atoms with Gasteiger partial charge in [-0.3, -0.25) is 29.6 Å². The van der Waals surface area contributed by atoms with Crippen molar-refractivity contribution < 1.29 is 14.4 Å². The second kappa shape index (κ2) is 17.5. The van der Waals surface area contributed by atoms with Gasteiger partial charge in [-0.05, 0) is 97.8 Å². The third-order valence-corrected chi connectivity index (χ3v) is 12.7. The van der Waals surface area contributed by atoms with Crippen LogP contribution >= 0.6 is 11.6 Å². The molecule has 4 heterocycles. The molecule has 296 valence electrons. The average molecular weight is 780 g/mol. The minimum atomic E-state index is -0.353. The third kappa shape index (κ3) is 9.23. The summed E-state index contributed by atoms with van der Waals surface area (Å²) in [6.07, 6.45) is 4.33. The van der Waals surface area contributed by atoms with Crippen LogP contribution in [0.25, 0.3) is 0 Å². The zero-order valence-electron chi connectivity index (χ0n) is 32.6. The van der Waals surface area contributed by atoms with Crippen LogP contribution in [0.4, 0.5) is 27.5 Å². The predicted octanol–water partition coefficient (Wildman–Crippen LogP) is 6.10. The van der Waals surface area contributed by atoms with Gasteiger partial charge in [0.05, 0.1) is 10.6 Å². The van der Waals surface area contributed by atoms with Gasteiger partial charge >= 0.3 is 6.03 Å². The number of hydrogen-bond donors (Lipinski definition) is 3. The molecule has 3 aromatic carbocycles. The third-order valence-electron chi connectivity index (χ3n) is 12.4. The van der Waals surface area contributed by atoms with Crippen LogP contribution in [0, 0.1) is 16.7 Å². The molecule has 4 amide bonds. The first kappa shape index (κ1) is 39.4. The molecule has 0 saturated carbocycles. The quantitative estimate of drug-likeness (QED) is 0.189. The molecule has 4 aliphatic rings. The first-order valence-electron chi connectivity index (χ1n) is 20.1. The van der Waals surface area contributed by atoms with Gasteiger partial charge in [0.2, 0.25) is 5.91 Å². The van der Waals surface area contributed by atoms with E-state index in [9.17, 15) is 14.4 Å². The van der Waals surface area contributed by atoms with E-state index in [-0.39, 0.29) is 23.3 Å². The number of carbonyl (C=O) groups excluding carboxylic acids is 3. The predicted molar refractivity (Wildman–Crippen MR) is 223 cm³/mol. The fraction of sp³-hybridized carbons (Fsp3) is 0.488. The number of halogens is 1. The number of anilines is 4. The monoisotopic (exact) mass is 779 g/mol. The number of likely N-dealkylation sites (tertiary alicyclic amines) is 2. The highest BCUT2D eigenvalue weighted by Crippen LogP contribution is 2.30. The van der Waals surface area contributed by atoms with Crippen molar-refractivity contribution in [2.75, 3.05) is 92.4 Å². The number of nitrogens with zero attached hydrogens (tertiary/aromatic N) is 6. The molecule has 3 N–H and O–H groups in total. The lowest BCUT2D eigenvalue weighted by Gasteiger charge is -2.52. The Morgan fingerprint density at radius 3 is 2.18 bits per heavy atom. The average Bonchev–Trinajstić information content (AvgIpc) is 3.20. The summed E-state index contributed by atoms with van der Waals surface area (Å²) in [4.78, 5) is 48.4. The molecule has 13 heteroatoms. The van der Waals surface area contributed by atoms with E-state index in [1.807, 2.05) is 53.4 Å². The summed E-state index contributed by atoms with van der Waals surface area (Å²) < 4.78 is 0. The van der Waals surface area contributed by atoms with Crippen LogP contribution < -0.4 is 25.8 Å². The van der Waals surface area contributed by atoms with Gasteiger partial charge in [0.15, 0.2) is 0 Å². The lowest BCUT2D eigenvalue weighted by molar-refractivity contribution is -0.120. The van der Waals surface area contributed by atoms with Crippen LogP contribution in [-0.2, 0) is 4.79 Å². The van der Waals surface area contributed by atoms with Gasteiger partial charge < -0.3 is 20.4 Å². The Morgan fingerprint density at radius 1 is 0.857 bits per heavy atom. The van der Waals surface area contributed by atoms with E-state index >= 15 is 0 Å². The standard InChI is InChI=1S/C43H54ClN9O3/c1-3-43(2,30-47-34-9-6-32(27-45)39(44)26-34)17-18-46-33-7-4-31(5-8-33)41(55)51-19-14-36(15-20-51)52-28-38(29-52)50-24-22-49(23-25-50)35-10-12-37(13-11-35)53-21-16-40(54)48-42(53)56/h4-13,26,36,38,46-47H,3,14-25,28-30H2,1-2H3,(H,48,54,56). The lowest BCUT2D eigenvalue weighted by atomic mass is 9.83. The highest BCUT2D eigenvalue weighted by Gasteiger charge is 2.38. The van der Waals surface area contributed by atoms with E-state index in [1.165, 1.54) is 0 Å². The number of carbonyl (C=O) groups is 3. The number of nitriles is 1. The molecule has 4 saturated heterocycles. The Balaban J connectivity index is 0.787. The second-order valence-electron chi connectivity index (χ2n) is 16.0. The molecule has 7 rings (SSSR count). The van der Waals surface area contributed by atoms with Crippen LogP contribution in [0.5, 0.6) is 0 Å². The molecule has 12 nitrogen and oxygen atoms in total. The number of rotatable bonds is 13. The number of amides is 4. The topological polar surface area (TPSA) is 127 Å². The number of imide groups is 1. The minimum absolute atomic E-state index is 0.0688. The lowest BCUT2D eigenvalue weighted by Crippen LogP contribution is -2.66. The van der Waals surface area contributed by atoms with E-state index < -0.39 is 0 Å². The maximum atomic E-state index is 13.4. The first-order chi connectivity index (χ1) is 27.1. The number of piperidine rings is 1. The SMILES string of the molecule is CCC(C)(CCNc1ccc(C(=O)N2CCC(N3CC(N4CCN(c5ccc(N6CCC(=O)NC6=O)cc5)CC4)C3)CC2)cc1)CNc1ccc(C#N)c(Cl)c1. The largest absolute Gasteiger partial charge is 0.385 e. The molecule has 3 aromatic rings. The Labute approximate surface area is 335 Å². The van der Waals surface area contributed by atoms with E-state index in [0.717, 1.165) is 119 Å². The van der Waals surface area contributed by atoms with Gasteiger partial charge in [-0.15, -0.1) is 0 Å². The van der Waals surface area contributed by atoms with Crippen LogP contribution in [0.15, 0.2) is 66.7 Å². The number of benzene rings is 3. The van der Waals surface area contributed by atoms with Crippen molar-refractivity contribution in [1.82, 2.24) is 20.0 Å². The van der Waals surface area contributed by atoms with E-state index in [4.69, 9.17) is 16.9 Å². The van der Waals surface area contributed by atoms with Crippen molar-refractivity contribution in [2.45, 2.75) is 58.0 Å². The van der Waals surface area contributed by atoms with Crippen molar-refractivity contribution in [3.8, 4) is 6.07 Å². The zero-order valence-corrected chi connectivity index (χ0v) is 33.4.